The molecule has 3 heterocycles. The van der Waals surface area contributed by atoms with Gasteiger partial charge in [-0.25, -0.2) is 17.8 Å². The smallest absolute Gasteiger partial charge is 0.335 e. The zero-order valence-corrected chi connectivity index (χ0v) is 28.9. The van der Waals surface area contributed by atoms with Crippen LogP contribution in [0.15, 0.2) is 72.8 Å². The summed E-state index contributed by atoms with van der Waals surface area (Å²) < 4.78 is 44.1. The second-order valence-electron chi connectivity index (χ2n) is 14.9. The lowest BCUT2D eigenvalue weighted by Crippen LogP contribution is -2.30. The number of nitrogens with zero attached hydrogens (tertiary/aromatic N) is 2. The molecule has 0 aliphatic carbocycles. The van der Waals surface area contributed by atoms with Crippen LogP contribution in [0.5, 0.6) is 11.5 Å². The summed E-state index contributed by atoms with van der Waals surface area (Å²) in [5.74, 6) is 0.362. The Balaban J connectivity index is 1.38. The van der Waals surface area contributed by atoms with Crippen LogP contribution >= 0.6 is 0 Å². The Labute approximate surface area is 285 Å². The molecule has 8 rings (SSSR count). The number of hydrogen-bond donors (Lipinski definition) is 1. The summed E-state index contributed by atoms with van der Waals surface area (Å²) in [5.41, 5.74) is 5.06. The predicted molar refractivity (Wildman–Crippen MR) is 191 cm³/mol. The van der Waals surface area contributed by atoms with Crippen LogP contribution in [-0.4, -0.2) is 49.4 Å². The Kier molecular flexibility index (Phi) is 7.01. The number of carbonyl (C=O) groups is 1. The molecule has 0 amide bonds. The number of aromatic carboxylic acids is 1. The maximum Gasteiger partial charge on any atom is 0.335 e. The van der Waals surface area contributed by atoms with Gasteiger partial charge in [0.05, 0.1) is 37.7 Å². The van der Waals surface area contributed by atoms with Gasteiger partial charge in [-0.1, -0.05) is 68.4 Å². The minimum atomic E-state index is -4.31. The van der Waals surface area contributed by atoms with Crippen molar-refractivity contribution in [2.45, 2.75) is 51.5 Å². The predicted octanol–water partition coefficient (Wildman–Crippen LogP) is 5.64. The summed E-state index contributed by atoms with van der Waals surface area (Å²) in [4.78, 5) is 13.7. The molecule has 0 saturated heterocycles. The Morgan fingerprint density at radius 2 is 1.53 bits per heavy atom. The molecule has 3 aliphatic rings. The molecule has 0 unspecified atom stereocenters. The highest BCUT2D eigenvalue weighted by Gasteiger charge is 2.45. The molecule has 5 aromatic rings. The molecule has 5 aromatic carbocycles. The lowest BCUT2D eigenvalue weighted by atomic mass is 9.81. The zero-order chi connectivity index (χ0) is 34.5. The second-order valence-corrected chi connectivity index (χ2v) is 16.5. The molecule has 250 valence electrons. The van der Waals surface area contributed by atoms with E-state index >= 15 is 0 Å². The van der Waals surface area contributed by atoms with Crippen molar-refractivity contribution in [2.24, 2.45) is 0 Å². The van der Waals surface area contributed by atoms with Crippen LogP contribution in [0.25, 0.3) is 27.6 Å². The standard InChI is InChI=1S/C40H38N2O6S/c1-39(2)22-41(18-9-19-49(45,46)47)34-28-12-7-5-10-26(28)30-20-31-27-11-6-8-13-29(27)35-33(37(31)48-36(30)32(34)39)40(3,4)23-42(35)21-24-14-16-25(17-15-24)38(43)44/h5-8,10-17,20H,9,18-19,21-23H2,1-4H3,(H-,43,44,45,46,47). The molecule has 0 bridgehead atoms. The van der Waals surface area contributed by atoms with E-state index in [9.17, 15) is 22.9 Å². The Morgan fingerprint density at radius 1 is 0.878 bits per heavy atom. The molecule has 0 saturated carbocycles. The lowest BCUT2D eigenvalue weighted by molar-refractivity contribution is 0.0696. The van der Waals surface area contributed by atoms with E-state index in [0.717, 1.165) is 78.1 Å². The number of fused-ring (bicyclic) bond motifs is 12. The molecule has 9 heteroatoms. The van der Waals surface area contributed by atoms with Gasteiger partial charge in [0, 0.05) is 51.6 Å². The molecule has 1 N–H and O–H groups in total. The third-order valence-electron chi connectivity index (χ3n) is 10.4. The van der Waals surface area contributed by atoms with Gasteiger partial charge in [0.15, 0.2) is 13.1 Å². The number of benzene rings is 5. The molecule has 0 spiro atoms. The summed E-state index contributed by atoms with van der Waals surface area (Å²) in [6, 6.07) is 23.9. The summed E-state index contributed by atoms with van der Waals surface area (Å²) in [6.45, 7) is 11.4. The van der Waals surface area contributed by atoms with Crippen LogP contribution in [0.3, 0.4) is 0 Å². The van der Waals surface area contributed by atoms with Gasteiger partial charge in [-0.2, -0.15) is 0 Å². The van der Waals surface area contributed by atoms with Crippen molar-refractivity contribution in [1.82, 2.24) is 4.58 Å². The highest BCUT2D eigenvalue weighted by molar-refractivity contribution is 7.85. The molecule has 3 aliphatic heterocycles. The van der Waals surface area contributed by atoms with E-state index in [0.29, 0.717) is 19.6 Å². The van der Waals surface area contributed by atoms with E-state index in [1.165, 1.54) is 0 Å². The highest BCUT2D eigenvalue weighted by Crippen LogP contribution is 2.54. The number of ether oxygens (including phenoxy) is 1. The van der Waals surface area contributed by atoms with Gasteiger partial charge in [0.1, 0.15) is 11.5 Å². The Morgan fingerprint density at radius 3 is 2.20 bits per heavy atom. The molecule has 0 aromatic heterocycles. The molecular formula is C40H38N2O6S. The van der Waals surface area contributed by atoms with Gasteiger partial charge < -0.3 is 19.3 Å². The van der Waals surface area contributed by atoms with Crippen LogP contribution in [-0.2, 0) is 27.5 Å². The topological polar surface area (TPSA) is 110 Å². The summed E-state index contributed by atoms with van der Waals surface area (Å²) >= 11 is 0. The largest absolute Gasteiger partial charge is 0.748 e. The number of rotatable bonds is 7. The fraction of sp³-hybridized carbons (Fsp3) is 0.300. The van der Waals surface area contributed by atoms with Crippen molar-refractivity contribution in [2.75, 3.05) is 30.3 Å². The van der Waals surface area contributed by atoms with Gasteiger partial charge in [-0.15, -0.1) is 0 Å². The second kappa shape index (κ2) is 10.9. The van der Waals surface area contributed by atoms with E-state index in [2.05, 4.69) is 79.6 Å². The van der Waals surface area contributed by atoms with Crippen molar-refractivity contribution in [3.63, 3.8) is 0 Å². The first-order chi connectivity index (χ1) is 23.2. The number of hydrogen-bond acceptors (Lipinski definition) is 6. The van der Waals surface area contributed by atoms with E-state index in [4.69, 9.17) is 4.74 Å². The van der Waals surface area contributed by atoms with Crippen molar-refractivity contribution >= 4 is 49.4 Å². The number of anilines is 1. The van der Waals surface area contributed by atoms with E-state index in [-0.39, 0.29) is 22.8 Å². The molecule has 49 heavy (non-hydrogen) atoms. The molecular weight excluding hydrogens is 637 g/mol. The average molecular weight is 675 g/mol. The summed E-state index contributed by atoms with van der Waals surface area (Å²) in [5, 5.41) is 16.0. The van der Waals surface area contributed by atoms with Crippen LogP contribution in [0.2, 0.25) is 0 Å². The lowest BCUT2D eigenvalue weighted by Gasteiger charge is -2.28. The van der Waals surface area contributed by atoms with Crippen molar-refractivity contribution in [3.05, 3.63) is 111 Å². The van der Waals surface area contributed by atoms with Crippen LogP contribution in [0, 0.1) is 0 Å². The first-order valence-corrected chi connectivity index (χ1v) is 18.3. The van der Waals surface area contributed by atoms with Gasteiger partial charge >= 0.3 is 5.97 Å². The minimum absolute atomic E-state index is 0.255. The summed E-state index contributed by atoms with van der Waals surface area (Å²) in [7, 11) is -4.31. The van der Waals surface area contributed by atoms with Crippen molar-refractivity contribution in [1.29, 1.82) is 0 Å². The molecule has 8 nitrogen and oxygen atoms in total. The summed E-state index contributed by atoms with van der Waals surface area (Å²) in [6.07, 6.45) is 2.55. The van der Waals surface area contributed by atoms with Crippen LogP contribution < -0.4 is 24.8 Å². The minimum Gasteiger partial charge on any atom is -0.748 e. The van der Waals surface area contributed by atoms with Crippen molar-refractivity contribution in [3.8, 4) is 11.5 Å². The van der Waals surface area contributed by atoms with E-state index < -0.39 is 21.8 Å². The normalized spacial score (nSPS) is 16.9. The fourth-order valence-corrected chi connectivity index (χ4v) is 8.99. The maximum absolute atomic E-state index is 11.5. The Hall–Kier alpha value is -4.73. The average Bonchev–Trinajstić information content (AvgIpc) is 3.48. The molecule has 0 atom stereocenters. The van der Waals surface area contributed by atoms with Gasteiger partial charge in [-0.05, 0) is 55.3 Å². The number of carboxylic acids is 1. The van der Waals surface area contributed by atoms with Crippen LogP contribution in [0.4, 0.5) is 5.69 Å². The third-order valence-corrected chi connectivity index (χ3v) is 11.2. The molecule has 0 fully saturated rings. The molecule has 0 radical (unpaired) electrons. The fourth-order valence-electron chi connectivity index (χ4n) is 8.51. The van der Waals surface area contributed by atoms with Gasteiger partial charge in [0.25, 0.3) is 0 Å². The third kappa shape index (κ3) is 5.09. The zero-order valence-electron chi connectivity index (χ0n) is 28.0. The first kappa shape index (κ1) is 31.5. The van der Waals surface area contributed by atoms with Gasteiger partial charge in [0.2, 0.25) is 5.36 Å². The highest BCUT2D eigenvalue weighted by atomic mass is 32.2. The van der Waals surface area contributed by atoms with E-state index in [1.54, 1.807) is 12.1 Å². The van der Waals surface area contributed by atoms with E-state index in [1.807, 2.05) is 24.3 Å². The SMILES string of the molecule is CC1(C)CN(CCCS(=O)(=O)[O-])c2c1c1c(c3ccccc23)C=c2c(c3c(c4ccccc24)=[N+](Cc2ccc(C(=O)O)cc2)CC3(C)C)O1. The number of carboxylic acid groups (broad SMARTS) is 1. The monoisotopic (exact) mass is 674 g/mol. The maximum atomic E-state index is 11.5. The first-order valence-electron chi connectivity index (χ1n) is 16.7. The van der Waals surface area contributed by atoms with Crippen LogP contribution in [0.1, 0.15) is 66.7 Å². The Bertz CT molecular complexity index is 2480. The quantitative estimate of drug-likeness (QED) is 0.172. The van der Waals surface area contributed by atoms with Gasteiger partial charge in [-0.3, -0.25) is 0 Å². The van der Waals surface area contributed by atoms with Crippen molar-refractivity contribution < 1.29 is 27.6 Å².